The topological polar surface area (TPSA) is 104 Å². The monoisotopic (exact) mass is 988 g/mol. The van der Waals surface area contributed by atoms with Crippen molar-refractivity contribution in [3.05, 3.63) is 89.1 Å². The third-order valence-electron chi connectivity index (χ3n) is 10.0. The van der Waals surface area contributed by atoms with Crippen molar-refractivity contribution in [2.24, 2.45) is 17.8 Å². The van der Waals surface area contributed by atoms with E-state index in [2.05, 4.69) is 54.5 Å². The summed E-state index contributed by atoms with van der Waals surface area (Å²) in [5, 5.41) is 10.7. The summed E-state index contributed by atoms with van der Waals surface area (Å²) in [6, 6.07) is 7.80. The number of ether oxygens (including phenoxy) is 1. The van der Waals surface area contributed by atoms with Crippen LogP contribution in [0.15, 0.2) is 50.9 Å². The summed E-state index contributed by atoms with van der Waals surface area (Å²) >= 11 is 23.0. The molecule has 0 unspecified atom stereocenters. The molecule has 1 saturated carbocycles. The minimum atomic E-state index is -2.76. The molecule has 2 aliphatic carbocycles. The molecule has 18 heteroatoms. The number of nitrogens with zero attached hydrogens (tertiary/aromatic N) is 2. The highest BCUT2D eigenvalue weighted by Crippen LogP contribution is 2.67. The molecule has 4 amide bonds. The summed E-state index contributed by atoms with van der Waals surface area (Å²) < 4.78 is 79.8. The fraction of sp³-hybridized carbons (Fsp3) is 0.273. The second kappa shape index (κ2) is 12.4. The lowest BCUT2D eigenvalue weighted by Crippen LogP contribution is -2.60. The molecular weight excluding hydrogens is 973 g/mol. The number of hydrogen-bond acceptors (Lipinski definition) is 6. The summed E-state index contributed by atoms with van der Waals surface area (Å²) in [6.45, 7) is 0. The molecule has 2 saturated heterocycles. The van der Waals surface area contributed by atoms with Crippen molar-refractivity contribution in [1.29, 1.82) is 0 Å². The zero-order valence-corrected chi connectivity index (χ0v) is 32.2. The molecule has 2 aliphatic heterocycles. The van der Waals surface area contributed by atoms with E-state index in [0.29, 0.717) is 0 Å². The third-order valence-corrected chi connectivity index (χ3v) is 14.3. The van der Waals surface area contributed by atoms with E-state index in [1.165, 1.54) is 13.2 Å². The molecule has 2 heterocycles. The van der Waals surface area contributed by atoms with Gasteiger partial charge >= 0.3 is 0 Å². The van der Waals surface area contributed by atoms with Gasteiger partial charge in [0.05, 0.1) is 29.1 Å². The van der Waals surface area contributed by atoms with E-state index in [0.717, 1.165) is 8.47 Å². The van der Waals surface area contributed by atoms with Gasteiger partial charge in [-0.3, -0.25) is 24.1 Å². The van der Waals surface area contributed by atoms with E-state index in [4.69, 9.17) is 27.9 Å². The van der Waals surface area contributed by atoms with Crippen molar-refractivity contribution >= 4 is 113 Å². The van der Waals surface area contributed by atoms with Gasteiger partial charge in [-0.1, -0.05) is 11.6 Å². The fourth-order valence-electron chi connectivity index (χ4n) is 7.73. The highest BCUT2D eigenvalue weighted by Gasteiger charge is 2.77. The Hall–Kier alpha value is -2.80. The Labute approximate surface area is 325 Å². The van der Waals surface area contributed by atoms with Gasteiger partial charge in [0.25, 0.3) is 11.8 Å². The van der Waals surface area contributed by atoms with Gasteiger partial charge in [0.1, 0.15) is 5.69 Å². The van der Waals surface area contributed by atoms with Crippen LogP contribution in [0.4, 0.5) is 33.3 Å². The number of hydrogen-bond donors (Lipinski definition) is 1. The van der Waals surface area contributed by atoms with Crippen LogP contribution in [0, 0.1) is 50.4 Å². The number of carbonyl (C=O) groups is 4. The zero-order valence-electron chi connectivity index (χ0n) is 25.4. The number of aromatic hydroxyl groups is 1. The predicted molar refractivity (Wildman–Crippen MR) is 188 cm³/mol. The molecule has 3 aromatic rings. The van der Waals surface area contributed by atoms with Crippen LogP contribution in [0.5, 0.6) is 11.5 Å². The Balaban J connectivity index is 1.47. The highest BCUT2D eigenvalue weighted by molar-refractivity contribution is 14.1. The summed E-state index contributed by atoms with van der Waals surface area (Å²) in [7, 11) is 1.22. The number of fused-ring (bicyclic) bond motifs is 4. The van der Waals surface area contributed by atoms with Crippen molar-refractivity contribution in [1.82, 2.24) is 0 Å². The first kappa shape index (κ1) is 36.6. The molecular formula is C33H18Br2Cl2F5IN2O6. The zero-order chi connectivity index (χ0) is 37.2. The molecule has 6 atom stereocenters. The maximum Gasteiger partial charge on any atom is 0.258 e. The Morgan fingerprint density at radius 3 is 2.04 bits per heavy atom. The van der Waals surface area contributed by atoms with Crippen molar-refractivity contribution in [2.45, 2.75) is 28.5 Å². The number of alkyl halides is 2. The van der Waals surface area contributed by atoms with Crippen LogP contribution in [0.2, 0.25) is 0 Å². The van der Waals surface area contributed by atoms with Crippen LogP contribution in [0.25, 0.3) is 0 Å². The number of amides is 4. The summed E-state index contributed by atoms with van der Waals surface area (Å²) in [5.74, 6) is -22.2. The first-order valence-corrected chi connectivity index (χ1v) is 18.2. The van der Waals surface area contributed by atoms with E-state index in [1.807, 2.05) is 0 Å². The number of carbonyl (C=O) groups excluding carboxylic acids is 4. The SMILES string of the molecule is COc1cc([C@H]2C3=CC[C@@H]4C(=O)N(c5ccc(I)cc5)C(=O)[C@@H]4[C@@H]3C[C@@]3(Cl)C(=O)N(c4c(F)c(F)c(F)c(F)c4F)C(=O)[C@@]23Cl)c(Br)c(Br)c1O. The van der Waals surface area contributed by atoms with Gasteiger partial charge in [-0.05, 0) is 109 Å². The Bertz CT molecular complexity index is 2150. The summed E-state index contributed by atoms with van der Waals surface area (Å²) in [6.07, 6.45) is 0.863. The van der Waals surface area contributed by atoms with Crippen LogP contribution < -0.4 is 14.5 Å². The average Bonchev–Trinajstić information content (AvgIpc) is 3.44. The molecule has 3 fully saturated rings. The predicted octanol–water partition coefficient (Wildman–Crippen LogP) is 7.99. The van der Waals surface area contributed by atoms with Crippen molar-refractivity contribution < 1.29 is 51.0 Å². The van der Waals surface area contributed by atoms with Crippen LogP contribution >= 0.6 is 77.7 Å². The van der Waals surface area contributed by atoms with Crippen molar-refractivity contribution in [3.63, 3.8) is 0 Å². The minimum Gasteiger partial charge on any atom is -0.503 e. The number of rotatable bonds is 4. The molecule has 0 spiro atoms. The van der Waals surface area contributed by atoms with Crippen LogP contribution in [-0.2, 0) is 19.2 Å². The number of phenolic OH excluding ortho intramolecular Hbond substituents is 1. The van der Waals surface area contributed by atoms with Gasteiger partial charge < -0.3 is 9.84 Å². The van der Waals surface area contributed by atoms with Gasteiger partial charge in [0, 0.05) is 14.0 Å². The van der Waals surface area contributed by atoms with Crippen LogP contribution in [-0.4, -0.2) is 45.6 Å². The molecule has 3 aromatic carbocycles. The number of halogens is 10. The molecule has 4 aliphatic rings. The Morgan fingerprint density at radius 1 is 0.863 bits per heavy atom. The Morgan fingerprint density at radius 2 is 1.45 bits per heavy atom. The third kappa shape index (κ3) is 4.77. The van der Waals surface area contributed by atoms with E-state index >= 15 is 8.78 Å². The molecule has 1 N–H and O–H groups in total. The molecule has 7 rings (SSSR count). The number of allylic oxidation sites excluding steroid dienone is 2. The maximum absolute atomic E-state index is 15.3. The number of methoxy groups -OCH3 is 1. The van der Waals surface area contributed by atoms with E-state index < -0.39 is 104 Å². The van der Waals surface area contributed by atoms with Crippen molar-refractivity contribution in [3.8, 4) is 11.5 Å². The largest absolute Gasteiger partial charge is 0.503 e. The number of anilines is 2. The molecule has 51 heavy (non-hydrogen) atoms. The highest BCUT2D eigenvalue weighted by atomic mass is 127. The van der Waals surface area contributed by atoms with Gasteiger partial charge in [0.15, 0.2) is 44.5 Å². The quantitative estimate of drug-likeness (QED) is 0.0541. The van der Waals surface area contributed by atoms with Gasteiger partial charge in [-0.25, -0.2) is 26.9 Å². The van der Waals surface area contributed by atoms with E-state index in [-0.39, 0.29) is 42.8 Å². The molecule has 0 radical (unpaired) electrons. The normalized spacial score (nSPS) is 28.6. The van der Waals surface area contributed by atoms with Gasteiger partial charge in [0.2, 0.25) is 17.6 Å². The lowest BCUT2D eigenvalue weighted by atomic mass is 9.56. The average molecular weight is 991 g/mol. The first-order valence-electron chi connectivity index (χ1n) is 14.8. The standard InChI is InChI=1S/C33H18Br2Cl2F5IN2O6/c1-51-16-8-14(19(34)20(35)27(16)46)18-12-6-7-13-17(29(48)44(28(13)47)11-4-2-10(43)3-5-11)15(12)9-32(36)30(49)45(31(50)33(18,32)37)26-24(41)22(39)21(38)23(40)25(26)42/h2-6,8,13,15,17-18,46H,7,9H2,1H3/t13-,15+,17-,18+,32+,33-/m0/s1. The molecule has 266 valence electrons. The molecule has 8 nitrogen and oxygen atoms in total. The second-order valence-electron chi connectivity index (χ2n) is 12.3. The lowest BCUT2D eigenvalue weighted by Gasteiger charge is -2.51. The smallest absolute Gasteiger partial charge is 0.258 e. The van der Waals surface area contributed by atoms with E-state index in [9.17, 15) is 37.5 Å². The summed E-state index contributed by atoms with van der Waals surface area (Å²) in [4.78, 5) is 52.3. The molecule has 0 bridgehead atoms. The van der Waals surface area contributed by atoms with Crippen LogP contribution in [0.3, 0.4) is 0 Å². The minimum absolute atomic E-state index is 0.0147. The Kier molecular flexibility index (Phi) is 8.88. The number of benzene rings is 3. The fourth-order valence-corrected chi connectivity index (χ4v) is 9.98. The number of imide groups is 2. The number of phenols is 1. The summed E-state index contributed by atoms with van der Waals surface area (Å²) in [5.41, 5.74) is -1.35. The lowest BCUT2D eigenvalue weighted by molar-refractivity contribution is -0.125. The second-order valence-corrected chi connectivity index (χ2v) is 16.4. The maximum atomic E-state index is 15.3. The van der Waals surface area contributed by atoms with E-state index in [1.54, 1.807) is 30.3 Å². The van der Waals surface area contributed by atoms with Crippen molar-refractivity contribution in [2.75, 3.05) is 16.9 Å². The van der Waals surface area contributed by atoms with Gasteiger partial charge in [-0.15, -0.1) is 23.2 Å². The molecule has 0 aromatic heterocycles. The van der Waals surface area contributed by atoms with Crippen LogP contribution in [0.1, 0.15) is 24.3 Å². The van der Waals surface area contributed by atoms with Gasteiger partial charge in [-0.2, -0.15) is 0 Å². The first-order chi connectivity index (χ1) is 23.9.